The van der Waals surface area contributed by atoms with E-state index in [0.717, 1.165) is 50.9 Å². The van der Waals surface area contributed by atoms with Crippen molar-refractivity contribution in [1.82, 2.24) is 25.3 Å². The topological polar surface area (TPSA) is 66.7 Å². The lowest BCUT2D eigenvalue weighted by molar-refractivity contribution is 0.0179. The highest BCUT2D eigenvalue weighted by Crippen LogP contribution is 2.23. The largest absolute Gasteiger partial charge is 0.379 e. The second-order valence-electron chi connectivity index (χ2n) is 8.82. The number of morpholine rings is 1. The van der Waals surface area contributed by atoms with Gasteiger partial charge in [0.15, 0.2) is 5.96 Å². The van der Waals surface area contributed by atoms with Crippen LogP contribution in [0, 0.1) is 20.8 Å². The van der Waals surface area contributed by atoms with Gasteiger partial charge in [0, 0.05) is 38.4 Å². The first-order valence-electron chi connectivity index (χ1n) is 11.8. The third-order valence-corrected chi connectivity index (χ3v) is 6.27. The number of halogens is 1. The summed E-state index contributed by atoms with van der Waals surface area (Å²) in [4.78, 5) is 7.50. The van der Waals surface area contributed by atoms with Crippen molar-refractivity contribution in [2.45, 2.75) is 53.1 Å². The second-order valence-corrected chi connectivity index (χ2v) is 8.82. The molecule has 0 radical (unpaired) electrons. The van der Waals surface area contributed by atoms with Crippen molar-refractivity contribution in [2.24, 2.45) is 12.0 Å². The molecule has 0 saturated carbocycles. The van der Waals surface area contributed by atoms with Crippen molar-refractivity contribution in [3.63, 3.8) is 0 Å². The van der Waals surface area contributed by atoms with Gasteiger partial charge in [-0.15, -0.1) is 24.0 Å². The second kappa shape index (κ2) is 13.3. The van der Waals surface area contributed by atoms with E-state index in [1.807, 2.05) is 11.7 Å². The first-order valence-corrected chi connectivity index (χ1v) is 11.8. The number of hydrogen-bond donors (Lipinski definition) is 2. The van der Waals surface area contributed by atoms with E-state index < -0.39 is 0 Å². The Morgan fingerprint density at radius 3 is 2.39 bits per heavy atom. The highest BCUT2D eigenvalue weighted by atomic mass is 127. The van der Waals surface area contributed by atoms with Gasteiger partial charge >= 0.3 is 0 Å². The maximum atomic E-state index is 5.59. The smallest absolute Gasteiger partial charge is 0.191 e. The Bertz CT molecular complexity index is 889. The molecule has 1 aromatic heterocycles. The van der Waals surface area contributed by atoms with Gasteiger partial charge in [-0.25, -0.2) is 0 Å². The summed E-state index contributed by atoms with van der Waals surface area (Å²) in [6.45, 7) is 15.6. The molecule has 184 valence electrons. The lowest BCUT2D eigenvalue weighted by Gasteiger charge is -2.34. The number of hydrogen-bond acceptors (Lipinski definition) is 4. The molecule has 0 aliphatic carbocycles. The van der Waals surface area contributed by atoms with Crippen LogP contribution in [-0.2, 0) is 18.2 Å². The summed E-state index contributed by atoms with van der Waals surface area (Å²) >= 11 is 0. The summed E-state index contributed by atoms with van der Waals surface area (Å²) in [7, 11) is 2.01. The molecule has 0 bridgehead atoms. The van der Waals surface area contributed by atoms with Crippen LogP contribution in [0.2, 0.25) is 0 Å². The molecule has 2 atom stereocenters. The van der Waals surface area contributed by atoms with E-state index in [4.69, 9.17) is 9.73 Å². The lowest BCUT2D eigenvalue weighted by atomic mass is 10.0. The molecule has 1 aliphatic rings. The van der Waals surface area contributed by atoms with E-state index in [1.165, 1.54) is 22.4 Å². The highest BCUT2D eigenvalue weighted by molar-refractivity contribution is 14.0. The zero-order valence-corrected chi connectivity index (χ0v) is 23.3. The summed E-state index contributed by atoms with van der Waals surface area (Å²) in [5, 5.41) is 11.6. The summed E-state index contributed by atoms with van der Waals surface area (Å²) in [6, 6.07) is 9.35. The van der Waals surface area contributed by atoms with Crippen LogP contribution in [0.15, 0.2) is 29.3 Å². The minimum atomic E-state index is 0. The molecule has 2 aromatic rings. The molecule has 33 heavy (non-hydrogen) atoms. The Morgan fingerprint density at radius 1 is 1.15 bits per heavy atom. The SMILES string of the molecule is CCNC(=NCC(c1ccc(C)cc1)N1CCOCC1)NC(C)Cc1c(C)nn(C)c1C.I. The molecule has 7 nitrogen and oxygen atoms in total. The van der Waals surface area contributed by atoms with Gasteiger partial charge in [0.1, 0.15) is 0 Å². The Balaban J connectivity index is 0.00000385. The number of aryl methyl sites for hydroxylation is 3. The van der Waals surface area contributed by atoms with E-state index in [9.17, 15) is 0 Å². The van der Waals surface area contributed by atoms with Gasteiger partial charge in [-0.2, -0.15) is 5.10 Å². The lowest BCUT2D eigenvalue weighted by Crippen LogP contribution is -2.44. The maximum Gasteiger partial charge on any atom is 0.191 e. The van der Waals surface area contributed by atoms with Crippen LogP contribution >= 0.6 is 24.0 Å². The van der Waals surface area contributed by atoms with Crippen LogP contribution in [0.5, 0.6) is 0 Å². The van der Waals surface area contributed by atoms with Gasteiger partial charge < -0.3 is 15.4 Å². The molecule has 2 N–H and O–H groups in total. The van der Waals surface area contributed by atoms with Crippen LogP contribution in [0.25, 0.3) is 0 Å². The fourth-order valence-corrected chi connectivity index (χ4v) is 4.31. The van der Waals surface area contributed by atoms with Crippen LogP contribution in [0.3, 0.4) is 0 Å². The fourth-order valence-electron chi connectivity index (χ4n) is 4.31. The molecule has 8 heteroatoms. The highest BCUT2D eigenvalue weighted by Gasteiger charge is 2.23. The van der Waals surface area contributed by atoms with Crippen LogP contribution in [0.4, 0.5) is 0 Å². The molecule has 2 unspecified atom stereocenters. The van der Waals surface area contributed by atoms with Crippen molar-refractivity contribution in [3.8, 4) is 0 Å². The third kappa shape index (κ3) is 7.68. The first kappa shape index (κ1) is 27.6. The molecule has 1 fully saturated rings. The molecular weight excluding hydrogens is 527 g/mol. The summed E-state index contributed by atoms with van der Waals surface area (Å²) < 4.78 is 7.55. The maximum absolute atomic E-state index is 5.59. The molecule has 2 heterocycles. The fraction of sp³-hybridized carbons (Fsp3) is 0.600. The van der Waals surface area contributed by atoms with Crippen molar-refractivity contribution in [2.75, 3.05) is 39.4 Å². The summed E-state index contributed by atoms with van der Waals surface area (Å²) in [5.74, 6) is 0.865. The van der Waals surface area contributed by atoms with E-state index in [2.05, 4.69) is 79.5 Å². The number of ether oxygens (including phenoxy) is 1. The number of benzene rings is 1. The van der Waals surface area contributed by atoms with Crippen LogP contribution < -0.4 is 10.6 Å². The predicted molar refractivity (Wildman–Crippen MR) is 147 cm³/mol. The standard InChI is InChI=1S/C25H40N6O.HI/c1-7-26-25(28-19(3)16-23-20(4)29-30(6)21(23)5)27-17-24(31-12-14-32-15-13-31)22-10-8-18(2)9-11-22;/h8-11,19,24H,7,12-17H2,1-6H3,(H2,26,27,28);1H. The number of nitrogens with one attached hydrogen (secondary N) is 2. The molecule has 1 saturated heterocycles. The predicted octanol–water partition coefficient (Wildman–Crippen LogP) is 3.52. The zero-order valence-electron chi connectivity index (χ0n) is 21.0. The summed E-state index contributed by atoms with van der Waals surface area (Å²) in [6.07, 6.45) is 0.917. The quantitative estimate of drug-likeness (QED) is 0.290. The van der Waals surface area contributed by atoms with Crippen molar-refractivity contribution in [3.05, 3.63) is 52.3 Å². The first-order chi connectivity index (χ1) is 15.4. The number of guanidine groups is 1. The Kier molecular flexibility index (Phi) is 11.1. The van der Waals surface area contributed by atoms with Crippen molar-refractivity contribution in [1.29, 1.82) is 0 Å². The Hall–Kier alpha value is -1.65. The number of aromatic nitrogens is 2. The van der Waals surface area contributed by atoms with Crippen LogP contribution in [-0.4, -0.2) is 66.1 Å². The Labute approximate surface area is 216 Å². The molecular formula is C25H41IN6O. The average Bonchev–Trinajstić information content (AvgIpc) is 3.01. The van der Waals surface area contributed by atoms with E-state index >= 15 is 0 Å². The van der Waals surface area contributed by atoms with Gasteiger partial charge in [-0.05, 0) is 52.2 Å². The monoisotopic (exact) mass is 568 g/mol. The van der Waals surface area contributed by atoms with Crippen LogP contribution in [0.1, 0.15) is 48.0 Å². The minimum absolute atomic E-state index is 0. The van der Waals surface area contributed by atoms with Gasteiger partial charge in [0.25, 0.3) is 0 Å². The van der Waals surface area contributed by atoms with Gasteiger partial charge in [0.2, 0.25) is 0 Å². The van der Waals surface area contributed by atoms with E-state index in [1.54, 1.807) is 0 Å². The van der Waals surface area contributed by atoms with Gasteiger partial charge in [-0.3, -0.25) is 14.6 Å². The van der Waals surface area contributed by atoms with Gasteiger partial charge in [-0.1, -0.05) is 29.8 Å². The molecule has 0 spiro atoms. The minimum Gasteiger partial charge on any atom is -0.379 e. The average molecular weight is 569 g/mol. The zero-order chi connectivity index (χ0) is 23.1. The van der Waals surface area contributed by atoms with Crippen molar-refractivity contribution >= 4 is 29.9 Å². The third-order valence-electron chi connectivity index (χ3n) is 6.27. The van der Waals surface area contributed by atoms with E-state index in [0.29, 0.717) is 6.54 Å². The number of aliphatic imine (C=N–C) groups is 1. The number of rotatable bonds is 8. The van der Waals surface area contributed by atoms with E-state index in [-0.39, 0.29) is 36.1 Å². The van der Waals surface area contributed by atoms with Crippen molar-refractivity contribution < 1.29 is 4.74 Å². The van der Waals surface area contributed by atoms with Gasteiger partial charge in [0.05, 0.1) is 31.5 Å². The molecule has 3 rings (SSSR count). The number of nitrogens with zero attached hydrogens (tertiary/aromatic N) is 4. The molecule has 1 aliphatic heterocycles. The normalized spacial score (nSPS) is 16.7. The molecule has 1 aromatic carbocycles. The summed E-state index contributed by atoms with van der Waals surface area (Å²) in [5.41, 5.74) is 6.24. The molecule has 0 amide bonds. The Morgan fingerprint density at radius 2 is 1.82 bits per heavy atom.